The van der Waals surface area contributed by atoms with Gasteiger partial charge in [-0.25, -0.2) is 0 Å². The van der Waals surface area contributed by atoms with Crippen molar-refractivity contribution in [2.45, 2.75) is 26.3 Å². The number of fused-ring (bicyclic) bond motifs is 1. The van der Waals surface area contributed by atoms with E-state index in [1.165, 1.54) is 0 Å². The third kappa shape index (κ3) is 0.574. The van der Waals surface area contributed by atoms with Crippen molar-refractivity contribution in [1.82, 2.24) is 0 Å². The third-order valence-corrected chi connectivity index (χ3v) is 1.98. The van der Waals surface area contributed by atoms with Crippen molar-refractivity contribution in [1.29, 1.82) is 0 Å². The van der Waals surface area contributed by atoms with Crippen LogP contribution in [0.2, 0.25) is 0 Å². The fraction of sp³-hybridized carbons (Fsp3) is 0.571. The molecule has 10 heavy (non-hydrogen) atoms. The van der Waals surface area contributed by atoms with Crippen LogP contribution in [0.25, 0.3) is 0 Å². The van der Waals surface area contributed by atoms with E-state index in [1.54, 1.807) is 6.92 Å². The van der Waals surface area contributed by atoms with Crippen molar-refractivity contribution in [3.63, 3.8) is 0 Å². The zero-order valence-electron chi connectivity index (χ0n) is 5.89. The Labute approximate surface area is 58.9 Å². The van der Waals surface area contributed by atoms with Gasteiger partial charge in [-0.3, -0.25) is 0 Å². The molecule has 0 atom stereocenters. The topological polar surface area (TPSA) is 40.1 Å². The summed E-state index contributed by atoms with van der Waals surface area (Å²) in [4.78, 5) is 0. The van der Waals surface area contributed by atoms with Crippen molar-refractivity contribution in [3.05, 3.63) is 11.6 Å². The molecule has 1 aliphatic heterocycles. The summed E-state index contributed by atoms with van der Waals surface area (Å²) in [5.41, 5.74) is 0.743. The van der Waals surface area contributed by atoms with E-state index in [0.717, 1.165) is 31.0 Å². The molecule has 0 aromatic carbocycles. The molecule has 0 fully saturated rings. The first-order valence-electron chi connectivity index (χ1n) is 3.48. The molecule has 0 saturated heterocycles. The minimum Gasteiger partial charge on any atom is -0.540 e. The summed E-state index contributed by atoms with van der Waals surface area (Å²) in [6, 6.07) is 0. The lowest BCUT2D eigenvalue weighted by molar-refractivity contribution is -0.699. The highest BCUT2D eigenvalue weighted by atomic mass is 16.5. The minimum atomic E-state index is -0.172. The standard InChI is InChI=1S/C7H9NO2/c1-5-7(9)10-6-3-2-4-8(5)6/h2-4H2,1H3. The van der Waals surface area contributed by atoms with Crippen LogP contribution >= 0.6 is 0 Å². The molecule has 0 bridgehead atoms. The van der Waals surface area contributed by atoms with Crippen molar-refractivity contribution in [2.75, 3.05) is 0 Å². The molecule has 0 radical (unpaired) electrons. The number of hydrogen-bond acceptors (Lipinski definition) is 2. The predicted octanol–water partition coefficient (Wildman–Crippen LogP) is -0.105. The molecule has 0 unspecified atom stereocenters. The minimum absolute atomic E-state index is 0.172. The van der Waals surface area contributed by atoms with Gasteiger partial charge in [0.25, 0.3) is 0 Å². The zero-order chi connectivity index (χ0) is 7.14. The number of aromatic nitrogens is 1. The average molecular weight is 139 g/mol. The molecule has 0 amide bonds. The number of nitrogens with zero attached hydrogens (tertiary/aromatic N) is 1. The summed E-state index contributed by atoms with van der Waals surface area (Å²) < 4.78 is 6.92. The van der Waals surface area contributed by atoms with Crippen LogP contribution < -0.4 is 9.67 Å². The Morgan fingerprint density at radius 2 is 2.40 bits per heavy atom. The lowest BCUT2D eigenvalue weighted by Crippen LogP contribution is -2.33. The lowest BCUT2D eigenvalue weighted by Gasteiger charge is -1.89. The van der Waals surface area contributed by atoms with E-state index in [1.807, 2.05) is 4.57 Å². The molecule has 2 rings (SSSR count). The highest BCUT2D eigenvalue weighted by Crippen LogP contribution is 2.16. The van der Waals surface area contributed by atoms with Crippen LogP contribution in [0, 0.1) is 6.92 Å². The van der Waals surface area contributed by atoms with Crippen LogP contribution in [-0.2, 0) is 13.0 Å². The largest absolute Gasteiger partial charge is 0.540 e. The Balaban J connectivity index is 2.59. The smallest absolute Gasteiger partial charge is 0.236 e. The van der Waals surface area contributed by atoms with Crippen LogP contribution in [0.15, 0.2) is 4.42 Å². The first kappa shape index (κ1) is 5.77. The first-order chi connectivity index (χ1) is 4.79. The Bertz CT molecular complexity index is 265. The third-order valence-electron chi connectivity index (χ3n) is 1.98. The summed E-state index contributed by atoms with van der Waals surface area (Å²) in [7, 11) is 0. The normalized spacial score (nSPS) is 15.7. The molecule has 54 valence electrons. The van der Waals surface area contributed by atoms with Gasteiger partial charge in [-0.1, -0.05) is 0 Å². The second-order valence-corrected chi connectivity index (χ2v) is 2.62. The molecular formula is C7H9NO2. The summed E-state index contributed by atoms with van der Waals surface area (Å²) in [6.07, 6.45) is 2.03. The van der Waals surface area contributed by atoms with Crippen LogP contribution in [0.1, 0.15) is 18.0 Å². The number of aryl methyl sites for hydroxylation is 1. The Kier molecular flexibility index (Phi) is 1.01. The molecule has 1 aromatic heterocycles. The maximum Gasteiger partial charge on any atom is 0.236 e. The van der Waals surface area contributed by atoms with Gasteiger partial charge in [0.05, 0.1) is 0 Å². The lowest BCUT2D eigenvalue weighted by atomic mass is 10.4. The fourth-order valence-corrected chi connectivity index (χ4v) is 1.40. The van der Waals surface area contributed by atoms with Gasteiger partial charge >= 0.3 is 0 Å². The van der Waals surface area contributed by atoms with E-state index in [-0.39, 0.29) is 5.95 Å². The Morgan fingerprint density at radius 1 is 1.60 bits per heavy atom. The summed E-state index contributed by atoms with van der Waals surface area (Å²) in [5.74, 6) is 0.678. The van der Waals surface area contributed by atoms with Crippen LogP contribution in [0.5, 0.6) is 5.95 Å². The Morgan fingerprint density at radius 3 is 3.10 bits per heavy atom. The molecular weight excluding hydrogens is 130 g/mol. The van der Waals surface area contributed by atoms with Gasteiger partial charge in [0.2, 0.25) is 11.6 Å². The maximum atomic E-state index is 10.9. The summed E-state index contributed by atoms with van der Waals surface area (Å²) in [6.45, 7) is 2.76. The van der Waals surface area contributed by atoms with Gasteiger partial charge in [0.15, 0.2) is 0 Å². The van der Waals surface area contributed by atoms with Crippen molar-refractivity contribution in [3.8, 4) is 5.95 Å². The molecule has 1 aliphatic rings. The molecule has 2 heterocycles. The van der Waals surface area contributed by atoms with Gasteiger partial charge in [0, 0.05) is 19.8 Å². The van der Waals surface area contributed by atoms with Gasteiger partial charge in [-0.2, -0.15) is 4.57 Å². The van der Waals surface area contributed by atoms with Crippen molar-refractivity contribution >= 4 is 0 Å². The quantitative estimate of drug-likeness (QED) is 0.471. The summed E-state index contributed by atoms with van der Waals surface area (Å²) in [5, 5.41) is 10.9. The van der Waals surface area contributed by atoms with Crippen LogP contribution in [0.3, 0.4) is 0 Å². The van der Waals surface area contributed by atoms with Crippen molar-refractivity contribution < 1.29 is 14.1 Å². The monoisotopic (exact) mass is 139 g/mol. The molecule has 0 saturated carbocycles. The second-order valence-electron chi connectivity index (χ2n) is 2.62. The molecule has 0 aliphatic carbocycles. The average Bonchev–Trinajstić information content (AvgIpc) is 2.41. The molecule has 3 heteroatoms. The number of rotatable bonds is 0. The molecule has 0 spiro atoms. The highest BCUT2D eigenvalue weighted by molar-refractivity contribution is 5.04. The zero-order valence-corrected chi connectivity index (χ0v) is 5.89. The van der Waals surface area contributed by atoms with E-state index >= 15 is 0 Å². The van der Waals surface area contributed by atoms with E-state index in [4.69, 9.17) is 4.42 Å². The van der Waals surface area contributed by atoms with Crippen LogP contribution in [-0.4, -0.2) is 0 Å². The van der Waals surface area contributed by atoms with Crippen molar-refractivity contribution in [2.24, 2.45) is 0 Å². The van der Waals surface area contributed by atoms with Gasteiger partial charge in [-0.15, -0.1) is 0 Å². The fourth-order valence-electron chi connectivity index (χ4n) is 1.40. The summed E-state index contributed by atoms with van der Waals surface area (Å²) >= 11 is 0. The van der Waals surface area contributed by atoms with Gasteiger partial charge < -0.3 is 9.52 Å². The number of oxazole rings is 1. The van der Waals surface area contributed by atoms with E-state index < -0.39 is 0 Å². The predicted molar refractivity (Wildman–Crippen MR) is 31.4 cm³/mol. The molecule has 1 aromatic rings. The van der Waals surface area contributed by atoms with E-state index in [2.05, 4.69) is 0 Å². The van der Waals surface area contributed by atoms with Gasteiger partial charge in [-0.05, 0) is 0 Å². The van der Waals surface area contributed by atoms with E-state index in [9.17, 15) is 5.11 Å². The van der Waals surface area contributed by atoms with Gasteiger partial charge in [0.1, 0.15) is 12.5 Å². The number of hydrogen-bond donors (Lipinski definition) is 0. The molecule has 0 N–H and O–H groups in total. The first-order valence-corrected chi connectivity index (χ1v) is 3.48. The second kappa shape index (κ2) is 1.75. The van der Waals surface area contributed by atoms with Crippen LogP contribution in [0.4, 0.5) is 0 Å². The Hall–Kier alpha value is -0.990. The SMILES string of the molecule is Cc1c([O-])oc2[n+]1CCC2. The molecule has 3 nitrogen and oxygen atoms in total. The highest BCUT2D eigenvalue weighted by Gasteiger charge is 2.22. The van der Waals surface area contributed by atoms with E-state index in [0.29, 0.717) is 0 Å². The maximum absolute atomic E-state index is 10.9.